The Morgan fingerprint density at radius 1 is 1.32 bits per heavy atom. The first kappa shape index (κ1) is 13.9. The first-order valence-corrected chi connectivity index (χ1v) is 6.24. The van der Waals surface area contributed by atoms with Gasteiger partial charge in [-0.15, -0.1) is 0 Å². The van der Waals surface area contributed by atoms with Crippen molar-refractivity contribution < 1.29 is 18.0 Å². The quantitative estimate of drug-likeness (QED) is 0.827. The molecule has 1 atom stereocenters. The maximum Gasteiger partial charge on any atom is 0.224 e. The summed E-state index contributed by atoms with van der Waals surface area (Å²) in [6, 6.07) is 1.86. The number of hydrogen-bond acceptors (Lipinski definition) is 2. The van der Waals surface area contributed by atoms with Crippen molar-refractivity contribution in [1.82, 2.24) is 5.32 Å². The van der Waals surface area contributed by atoms with Gasteiger partial charge in [-0.25, -0.2) is 13.2 Å². The lowest BCUT2D eigenvalue weighted by Crippen LogP contribution is -2.23. The topological polar surface area (TPSA) is 41.1 Å². The second-order valence-electron chi connectivity index (χ2n) is 4.63. The van der Waals surface area contributed by atoms with Crippen LogP contribution in [0, 0.1) is 17.5 Å². The van der Waals surface area contributed by atoms with Gasteiger partial charge < -0.3 is 10.6 Å². The molecule has 1 aliphatic rings. The molecule has 0 radical (unpaired) electrons. The van der Waals surface area contributed by atoms with E-state index in [0.717, 1.165) is 31.5 Å². The van der Waals surface area contributed by atoms with E-state index in [-0.39, 0.29) is 18.0 Å². The Bertz CT molecular complexity index is 450. The third-order valence-electron chi connectivity index (χ3n) is 3.15. The Kier molecular flexibility index (Phi) is 4.42. The molecule has 2 N–H and O–H groups in total. The molecule has 1 aliphatic heterocycles. The summed E-state index contributed by atoms with van der Waals surface area (Å²) in [5.74, 6) is -4.49. The number of nitrogens with one attached hydrogen (secondary N) is 2. The van der Waals surface area contributed by atoms with Gasteiger partial charge >= 0.3 is 0 Å². The molecule has 104 valence electrons. The lowest BCUT2D eigenvalue weighted by Gasteiger charge is -2.10. The molecule has 6 heteroatoms. The first-order chi connectivity index (χ1) is 9.06. The van der Waals surface area contributed by atoms with Crippen molar-refractivity contribution in [2.45, 2.75) is 31.7 Å². The third-order valence-corrected chi connectivity index (χ3v) is 3.15. The minimum absolute atomic E-state index is 0.0687. The van der Waals surface area contributed by atoms with E-state index in [2.05, 4.69) is 10.6 Å². The molecular formula is C13H15F3N2O. The van der Waals surface area contributed by atoms with Gasteiger partial charge in [-0.3, -0.25) is 4.79 Å². The zero-order chi connectivity index (χ0) is 13.8. The summed E-state index contributed by atoms with van der Waals surface area (Å²) in [6.07, 6.45) is 3.07. The fourth-order valence-electron chi connectivity index (χ4n) is 2.16. The lowest BCUT2D eigenvalue weighted by molar-refractivity contribution is -0.116. The molecule has 0 aromatic heterocycles. The highest BCUT2D eigenvalue weighted by Gasteiger charge is 2.16. The van der Waals surface area contributed by atoms with Crippen molar-refractivity contribution in [3.8, 4) is 0 Å². The van der Waals surface area contributed by atoms with E-state index in [4.69, 9.17) is 0 Å². The predicted molar refractivity (Wildman–Crippen MR) is 65.2 cm³/mol. The van der Waals surface area contributed by atoms with Crippen LogP contribution < -0.4 is 10.6 Å². The van der Waals surface area contributed by atoms with Gasteiger partial charge in [0.15, 0.2) is 17.5 Å². The highest BCUT2D eigenvalue weighted by Crippen LogP contribution is 2.18. The normalized spacial score (nSPS) is 18.6. The van der Waals surface area contributed by atoms with Crippen LogP contribution in [0.1, 0.15) is 25.7 Å². The van der Waals surface area contributed by atoms with E-state index in [1.807, 2.05) is 0 Å². The molecule has 1 saturated heterocycles. The predicted octanol–water partition coefficient (Wildman–Crippen LogP) is 2.57. The molecule has 1 aromatic carbocycles. The van der Waals surface area contributed by atoms with Crippen LogP contribution in [0.2, 0.25) is 0 Å². The molecule has 0 saturated carbocycles. The van der Waals surface area contributed by atoms with Crippen molar-refractivity contribution in [3.05, 3.63) is 29.6 Å². The van der Waals surface area contributed by atoms with Gasteiger partial charge in [0, 0.05) is 30.3 Å². The second kappa shape index (κ2) is 6.06. The highest BCUT2D eigenvalue weighted by atomic mass is 19.2. The van der Waals surface area contributed by atoms with Crippen molar-refractivity contribution in [3.63, 3.8) is 0 Å². The number of carbonyl (C=O) groups excluding carboxylic acids is 1. The molecule has 2 rings (SSSR count). The number of anilines is 1. The van der Waals surface area contributed by atoms with Gasteiger partial charge in [-0.05, 0) is 25.8 Å². The van der Waals surface area contributed by atoms with Crippen LogP contribution in [0.25, 0.3) is 0 Å². The van der Waals surface area contributed by atoms with Crippen LogP contribution in [-0.4, -0.2) is 18.5 Å². The summed E-state index contributed by atoms with van der Waals surface area (Å²) >= 11 is 0. The maximum atomic E-state index is 12.9. The number of rotatable bonds is 4. The standard InChI is InChI=1S/C13H15F3N2O/c14-10-6-9(7-11(15)13(10)16)18-12(19)4-3-8-2-1-5-17-8/h6-8,17H,1-5H2,(H,18,19). The molecule has 0 bridgehead atoms. The van der Waals surface area contributed by atoms with E-state index < -0.39 is 17.5 Å². The van der Waals surface area contributed by atoms with Crippen LogP contribution in [0.4, 0.5) is 18.9 Å². The van der Waals surface area contributed by atoms with Gasteiger partial charge in [0.25, 0.3) is 0 Å². The number of amides is 1. The monoisotopic (exact) mass is 272 g/mol. The van der Waals surface area contributed by atoms with E-state index in [1.165, 1.54) is 0 Å². The van der Waals surface area contributed by atoms with E-state index in [1.54, 1.807) is 0 Å². The van der Waals surface area contributed by atoms with Gasteiger partial charge in [-0.2, -0.15) is 0 Å². The Hall–Kier alpha value is -1.56. The van der Waals surface area contributed by atoms with Crippen molar-refractivity contribution in [2.24, 2.45) is 0 Å². The summed E-state index contributed by atoms with van der Waals surface area (Å²) in [6.45, 7) is 0.959. The Labute approximate surface area is 109 Å². The molecule has 1 unspecified atom stereocenters. The molecular weight excluding hydrogens is 257 g/mol. The van der Waals surface area contributed by atoms with Crippen LogP contribution in [0.3, 0.4) is 0 Å². The summed E-state index contributed by atoms with van der Waals surface area (Å²) in [5, 5.41) is 5.61. The average Bonchev–Trinajstić information content (AvgIpc) is 2.86. The number of halogens is 3. The zero-order valence-electron chi connectivity index (χ0n) is 10.3. The Morgan fingerprint density at radius 2 is 2.00 bits per heavy atom. The van der Waals surface area contributed by atoms with Crippen molar-refractivity contribution in [1.29, 1.82) is 0 Å². The van der Waals surface area contributed by atoms with Crippen LogP contribution in [-0.2, 0) is 4.79 Å². The largest absolute Gasteiger partial charge is 0.326 e. The molecule has 1 fully saturated rings. The summed E-state index contributed by atoms with van der Waals surface area (Å²) in [5.41, 5.74) is -0.0687. The van der Waals surface area contributed by atoms with Crippen LogP contribution in [0.5, 0.6) is 0 Å². The molecule has 1 amide bonds. The van der Waals surface area contributed by atoms with Gasteiger partial charge in [0.2, 0.25) is 5.91 Å². The fraction of sp³-hybridized carbons (Fsp3) is 0.462. The fourth-order valence-corrected chi connectivity index (χ4v) is 2.16. The number of carbonyl (C=O) groups is 1. The minimum atomic E-state index is -1.53. The SMILES string of the molecule is O=C(CCC1CCCN1)Nc1cc(F)c(F)c(F)c1. The lowest BCUT2D eigenvalue weighted by atomic mass is 10.1. The molecule has 1 aromatic rings. The van der Waals surface area contributed by atoms with Gasteiger partial charge in [-0.1, -0.05) is 0 Å². The molecule has 0 aliphatic carbocycles. The first-order valence-electron chi connectivity index (χ1n) is 6.24. The zero-order valence-corrected chi connectivity index (χ0v) is 10.3. The minimum Gasteiger partial charge on any atom is -0.326 e. The second-order valence-corrected chi connectivity index (χ2v) is 4.63. The Balaban J connectivity index is 1.87. The number of hydrogen-bond donors (Lipinski definition) is 2. The van der Waals surface area contributed by atoms with Crippen LogP contribution in [0.15, 0.2) is 12.1 Å². The molecule has 3 nitrogen and oxygen atoms in total. The average molecular weight is 272 g/mol. The summed E-state index contributed by atoms with van der Waals surface area (Å²) < 4.78 is 38.6. The molecule has 19 heavy (non-hydrogen) atoms. The van der Waals surface area contributed by atoms with Crippen molar-refractivity contribution >= 4 is 11.6 Å². The highest BCUT2D eigenvalue weighted by molar-refractivity contribution is 5.90. The van der Waals surface area contributed by atoms with Crippen molar-refractivity contribution in [2.75, 3.05) is 11.9 Å². The smallest absolute Gasteiger partial charge is 0.224 e. The third kappa shape index (κ3) is 3.70. The number of benzene rings is 1. The molecule has 1 heterocycles. The van der Waals surface area contributed by atoms with E-state index >= 15 is 0 Å². The van der Waals surface area contributed by atoms with Gasteiger partial charge in [0.05, 0.1) is 0 Å². The van der Waals surface area contributed by atoms with Gasteiger partial charge in [0.1, 0.15) is 0 Å². The summed E-state index contributed by atoms with van der Waals surface area (Å²) in [4.78, 5) is 11.6. The van der Waals surface area contributed by atoms with Crippen LogP contribution >= 0.6 is 0 Å². The van der Waals surface area contributed by atoms with E-state index in [9.17, 15) is 18.0 Å². The Morgan fingerprint density at radius 3 is 2.58 bits per heavy atom. The summed E-state index contributed by atoms with van der Waals surface area (Å²) in [7, 11) is 0. The van der Waals surface area contributed by atoms with E-state index in [0.29, 0.717) is 12.5 Å². The molecule has 0 spiro atoms. The maximum absolute atomic E-state index is 12.9.